The summed E-state index contributed by atoms with van der Waals surface area (Å²) in [6.45, 7) is 4.05. The van der Waals surface area contributed by atoms with Crippen LogP contribution < -0.4 is 5.32 Å². The van der Waals surface area contributed by atoms with Crippen LogP contribution in [0.25, 0.3) is 0 Å². The summed E-state index contributed by atoms with van der Waals surface area (Å²) in [5, 5.41) is 5.41. The molecule has 2 aromatic heterocycles. The van der Waals surface area contributed by atoms with Gasteiger partial charge in [-0.05, 0) is 48.5 Å². The number of nitrogens with one attached hydrogen (secondary N) is 1. The van der Waals surface area contributed by atoms with E-state index >= 15 is 0 Å². The summed E-state index contributed by atoms with van der Waals surface area (Å²) < 4.78 is 0. The van der Waals surface area contributed by atoms with Crippen molar-refractivity contribution in [3.8, 4) is 0 Å². The molecule has 0 saturated heterocycles. The van der Waals surface area contributed by atoms with Crippen LogP contribution in [0.4, 0.5) is 0 Å². The fraction of sp³-hybridized carbons (Fsp3) is 0.286. The fourth-order valence-corrected chi connectivity index (χ4v) is 2.40. The maximum atomic E-state index is 4.44. The monoisotopic (exact) mass is 259 g/mol. The van der Waals surface area contributed by atoms with E-state index in [1.54, 1.807) is 18.0 Å². The van der Waals surface area contributed by atoms with E-state index in [0.717, 1.165) is 29.6 Å². The highest BCUT2D eigenvalue weighted by molar-refractivity contribution is 7.99. The third kappa shape index (κ3) is 3.82. The van der Waals surface area contributed by atoms with Crippen LogP contribution in [0.2, 0.25) is 0 Å². The standard InChI is InChI=1S/C14H17N3S/c1-2-8-15-11-12-6-5-10-17-14(12)18-13-7-3-4-9-16-13/h3-7,9-10,15H,2,8,11H2,1H3. The summed E-state index contributed by atoms with van der Waals surface area (Å²) in [4.78, 5) is 8.75. The van der Waals surface area contributed by atoms with Crippen molar-refractivity contribution >= 4 is 11.8 Å². The average molecular weight is 259 g/mol. The predicted molar refractivity (Wildman–Crippen MR) is 74.6 cm³/mol. The zero-order valence-electron chi connectivity index (χ0n) is 10.5. The number of hydrogen-bond donors (Lipinski definition) is 1. The van der Waals surface area contributed by atoms with Crippen LogP contribution in [-0.4, -0.2) is 16.5 Å². The van der Waals surface area contributed by atoms with Crippen molar-refractivity contribution in [2.45, 2.75) is 29.9 Å². The molecule has 2 rings (SSSR count). The lowest BCUT2D eigenvalue weighted by Crippen LogP contribution is -2.14. The van der Waals surface area contributed by atoms with Gasteiger partial charge in [0, 0.05) is 18.9 Å². The second-order valence-electron chi connectivity index (χ2n) is 3.91. The van der Waals surface area contributed by atoms with E-state index in [1.807, 2.05) is 30.5 Å². The van der Waals surface area contributed by atoms with Gasteiger partial charge in [0.25, 0.3) is 0 Å². The highest BCUT2D eigenvalue weighted by Gasteiger charge is 2.05. The molecule has 0 amide bonds. The van der Waals surface area contributed by atoms with Crippen molar-refractivity contribution in [1.82, 2.24) is 15.3 Å². The molecule has 0 aliphatic rings. The Labute approximate surface area is 112 Å². The van der Waals surface area contributed by atoms with Gasteiger partial charge in [-0.25, -0.2) is 9.97 Å². The zero-order chi connectivity index (χ0) is 12.6. The van der Waals surface area contributed by atoms with E-state index in [2.05, 4.69) is 28.3 Å². The average Bonchev–Trinajstić information content (AvgIpc) is 2.42. The zero-order valence-corrected chi connectivity index (χ0v) is 11.3. The van der Waals surface area contributed by atoms with Gasteiger partial charge >= 0.3 is 0 Å². The minimum Gasteiger partial charge on any atom is -0.313 e. The fourth-order valence-electron chi connectivity index (χ4n) is 1.56. The molecule has 0 spiro atoms. The molecule has 18 heavy (non-hydrogen) atoms. The van der Waals surface area contributed by atoms with E-state index in [4.69, 9.17) is 0 Å². The molecule has 1 N–H and O–H groups in total. The van der Waals surface area contributed by atoms with Gasteiger partial charge in [0.15, 0.2) is 0 Å². The van der Waals surface area contributed by atoms with Crippen LogP contribution in [0.5, 0.6) is 0 Å². The quantitative estimate of drug-likeness (QED) is 0.809. The largest absolute Gasteiger partial charge is 0.313 e. The molecular weight excluding hydrogens is 242 g/mol. The molecule has 0 fully saturated rings. The molecule has 0 aromatic carbocycles. The van der Waals surface area contributed by atoms with E-state index < -0.39 is 0 Å². The Hall–Kier alpha value is -1.39. The number of nitrogens with zero attached hydrogens (tertiary/aromatic N) is 2. The lowest BCUT2D eigenvalue weighted by atomic mass is 10.3. The maximum Gasteiger partial charge on any atom is 0.107 e. The van der Waals surface area contributed by atoms with Crippen molar-refractivity contribution < 1.29 is 0 Å². The Bertz CT molecular complexity index is 473. The minimum absolute atomic E-state index is 0.858. The summed E-state index contributed by atoms with van der Waals surface area (Å²) in [7, 11) is 0. The van der Waals surface area contributed by atoms with E-state index in [1.165, 1.54) is 5.56 Å². The highest BCUT2D eigenvalue weighted by Crippen LogP contribution is 2.26. The highest BCUT2D eigenvalue weighted by atomic mass is 32.2. The number of aromatic nitrogens is 2. The smallest absolute Gasteiger partial charge is 0.107 e. The Kier molecular flexibility index (Phi) is 5.17. The molecule has 0 saturated carbocycles. The Balaban J connectivity index is 2.07. The normalized spacial score (nSPS) is 10.5. The molecule has 0 radical (unpaired) electrons. The molecular formula is C14H17N3S. The molecule has 0 aliphatic heterocycles. The number of rotatable bonds is 6. The Morgan fingerprint density at radius 2 is 2.00 bits per heavy atom. The summed E-state index contributed by atoms with van der Waals surface area (Å²) in [5.41, 5.74) is 1.22. The molecule has 2 heterocycles. The van der Waals surface area contributed by atoms with Crippen LogP contribution >= 0.6 is 11.8 Å². The predicted octanol–water partition coefficient (Wildman–Crippen LogP) is 3.13. The first-order chi connectivity index (χ1) is 8.90. The van der Waals surface area contributed by atoms with Crippen molar-refractivity contribution in [2.24, 2.45) is 0 Å². The van der Waals surface area contributed by atoms with Gasteiger partial charge in [0.1, 0.15) is 10.1 Å². The van der Waals surface area contributed by atoms with Crippen LogP contribution in [0, 0.1) is 0 Å². The topological polar surface area (TPSA) is 37.8 Å². The first kappa shape index (κ1) is 13.1. The first-order valence-electron chi connectivity index (χ1n) is 6.13. The molecule has 4 heteroatoms. The Morgan fingerprint density at radius 1 is 1.11 bits per heavy atom. The summed E-state index contributed by atoms with van der Waals surface area (Å²) in [6.07, 6.45) is 4.78. The van der Waals surface area contributed by atoms with Gasteiger partial charge in [0.2, 0.25) is 0 Å². The minimum atomic E-state index is 0.858. The van der Waals surface area contributed by atoms with Gasteiger partial charge in [-0.15, -0.1) is 0 Å². The molecule has 0 unspecified atom stereocenters. The first-order valence-corrected chi connectivity index (χ1v) is 6.95. The van der Waals surface area contributed by atoms with Crippen molar-refractivity contribution in [2.75, 3.05) is 6.54 Å². The third-order valence-electron chi connectivity index (χ3n) is 2.43. The van der Waals surface area contributed by atoms with Crippen LogP contribution in [-0.2, 0) is 6.54 Å². The molecule has 94 valence electrons. The van der Waals surface area contributed by atoms with Gasteiger partial charge in [-0.1, -0.05) is 19.1 Å². The molecule has 0 aliphatic carbocycles. The molecule has 0 bridgehead atoms. The number of pyridine rings is 2. The second kappa shape index (κ2) is 7.13. The van der Waals surface area contributed by atoms with E-state index in [0.29, 0.717) is 0 Å². The Morgan fingerprint density at radius 3 is 2.78 bits per heavy atom. The molecule has 0 atom stereocenters. The SMILES string of the molecule is CCCNCc1cccnc1Sc1ccccn1. The summed E-state index contributed by atoms with van der Waals surface area (Å²) >= 11 is 1.61. The third-order valence-corrected chi connectivity index (χ3v) is 3.44. The van der Waals surface area contributed by atoms with Crippen LogP contribution in [0.3, 0.4) is 0 Å². The second-order valence-corrected chi connectivity index (χ2v) is 4.92. The lowest BCUT2D eigenvalue weighted by molar-refractivity contribution is 0.665. The van der Waals surface area contributed by atoms with Crippen molar-refractivity contribution in [3.63, 3.8) is 0 Å². The van der Waals surface area contributed by atoms with Crippen LogP contribution in [0.1, 0.15) is 18.9 Å². The molecule has 2 aromatic rings. The van der Waals surface area contributed by atoms with E-state index in [9.17, 15) is 0 Å². The van der Waals surface area contributed by atoms with Gasteiger partial charge in [-0.3, -0.25) is 0 Å². The maximum absolute atomic E-state index is 4.44. The summed E-state index contributed by atoms with van der Waals surface area (Å²) in [6, 6.07) is 10.0. The van der Waals surface area contributed by atoms with Gasteiger partial charge in [0.05, 0.1) is 0 Å². The summed E-state index contributed by atoms with van der Waals surface area (Å²) in [5.74, 6) is 0. The van der Waals surface area contributed by atoms with Crippen molar-refractivity contribution in [1.29, 1.82) is 0 Å². The van der Waals surface area contributed by atoms with Crippen molar-refractivity contribution in [3.05, 3.63) is 48.3 Å². The van der Waals surface area contributed by atoms with Gasteiger partial charge in [-0.2, -0.15) is 0 Å². The van der Waals surface area contributed by atoms with E-state index in [-0.39, 0.29) is 0 Å². The van der Waals surface area contributed by atoms with Gasteiger partial charge < -0.3 is 5.32 Å². The van der Waals surface area contributed by atoms with Crippen LogP contribution in [0.15, 0.2) is 52.8 Å². The number of hydrogen-bond acceptors (Lipinski definition) is 4. The molecule has 3 nitrogen and oxygen atoms in total. The lowest BCUT2D eigenvalue weighted by Gasteiger charge is -2.08.